The second-order valence-corrected chi connectivity index (χ2v) is 20.0. The number of hydrogen-bond acceptors (Lipinski definition) is 12. The number of carbonyl (C=O) groups excluding carboxylic acids is 3. The zero-order valence-corrected chi connectivity index (χ0v) is 38.4. The van der Waals surface area contributed by atoms with E-state index in [0.29, 0.717) is 33.4 Å². The molecule has 0 fully saturated rings. The maximum atomic E-state index is 14.4. The molecule has 342 valence electrons. The molecule has 1 heterocycles. The summed E-state index contributed by atoms with van der Waals surface area (Å²) < 4.78 is -0.200. The van der Waals surface area contributed by atoms with Gasteiger partial charge in [0.25, 0.3) is 0 Å². The summed E-state index contributed by atoms with van der Waals surface area (Å²) in [6.07, 6.45) is -1.63. The molecule has 63 heavy (non-hydrogen) atoms. The Hall–Kier alpha value is -5.64. The highest BCUT2D eigenvalue weighted by atomic mass is 16.3. The minimum absolute atomic E-state index is 0.0255. The van der Waals surface area contributed by atoms with Crippen molar-refractivity contribution >= 4 is 17.3 Å². The van der Waals surface area contributed by atoms with Crippen LogP contribution in [-0.4, -0.2) is 61.7 Å². The van der Waals surface area contributed by atoms with Gasteiger partial charge in [0.1, 0.15) is 17.2 Å². The van der Waals surface area contributed by atoms with Gasteiger partial charge in [0.15, 0.2) is 17.3 Å². The smallest absolute Gasteiger partial charge is 0.341 e. The van der Waals surface area contributed by atoms with Gasteiger partial charge in [-0.2, -0.15) is 0 Å². The fourth-order valence-corrected chi connectivity index (χ4v) is 7.54. The van der Waals surface area contributed by atoms with Crippen LogP contribution in [0.25, 0.3) is 0 Å². The monoisotopic (exact) mass is 873 g/mol. The van der Waals surface area contributed by atoms with Crippen LogP contribution in [0.2, 0.25) is 0 Å². The number of phenolic OH excluding ortho intramolecular Hbond substituents is 3. The normalized spacial score (nSPS) is 15.3. The topological polar surface area (TPSA) is 239 Å². The predicted octanol–water partition coefficient (Wildman–Crippen LogP) is 4.78. The highest BCUT2D eigenvalue weighted by Crippen LogP contribution is 2.34. The van der Waals surface area contributed by atoms with Gasteiger partial charge < -0.3 is 30.6 Å². The molecule has 15 heteroatoms. The van der Waals surface area contributed by atoms with Crippen LogP contribution < -0.4 is 17.1 Å². The predicted molar refractivity (Wildman–Crippen MR) is 237 cm³/mol. The van der Waals surface area contributed by atoms with Gasteiger partial charge in [-0.25, -0.2) is 28.1 Å². The van der Waals surface area contributed by atoms with E-state index in [9.17, 15) is 59.4 Å². The zero-order chi connectivity index (χ0) is 48.0. The summed E-state index contributed by atoms with van der Waals surface area (Å²) in [5.41, 5.74) is -12.6. The molecule has 0 spiro atoms. The molecule has 4 aromatic rings. The largest absolute Gasteiger partial charge is 0.508 e. The molecular weight excluding hydrogens is 811 g/mol. The minimum atomic E-state index is -3.09. The van der Waals surface area contributed by atoms with E-state index in [1.165, 1.54) is 18.2 Å². The third kappa shape index (κ3) is 10.4. The van der Waals surface area contributed by atoms with Crippen LogP contribution >= 0.6 is 0 Å². The van der Waals surface area contributed by atoms with Crippen molar-refractivity contribution in [1.82, 2.24) is 13.7 Å². The molecule has 0 bridgehead atoms. The number of hydrogen-bond donors (Lipinski definition) is 6. The molecule has 1 aromatic heterocycles. The zero-order valence-electron chi connectivity index (χ0n) is 38.4. The van der Waals surface area contributed by atoms with Crippen LogP contribution in [0.1, 0.15) is 136 Å². The van der Waals surface area contributed by atoms with E-state index in [1.807, 2.05) is 62.3 Å². The number of benzene rings is 3. The maximum absolute atomic E-state index is 14.4. The van der Waals surface area contributed by atoms with Gasteiger partial charge in [0.2, 0.25) is 17.2 Å². The lowest BCUT2D eigenvalue weighted by molar-refractivity contribution is -0.155. The average molecular weight is 874 g/mol. The van der Waals surface area contributed by atoms with Gasteiger partial charge in [-0.15, -0.1) is 0 Å². The van der Waals surface area contributed by atoms with Crippen LogP contribution in [0, 0.1) is 0 Å². The first-order valence-corrected chi connectivity index (χ1v) is 20.9. The van der Waals surface area contributed by atoms with E-state index in [2.05, 4.69) is 0 Å². The summed E-state index contributed by atoms with van der Waals surface area (Å²) in [6, 6.07) is 14.0. The summed E-state index contributed by atoms with van der Waals surface area (Å²) in [4.78, 5) is 85.0. The van der Waals surface area contributed by atoms with Crippen molar-refractivity contribution < 1.29 is 45.0 Å². The Kier molecular flexibility index (Phi) is 13.9. The van der Waals surface area contributed by atoms with Crippen LogP contribution in [-0.2, 0) is 67.1 Å². The van der Waals surface area contributed by atoms with Crippen molar-refractivity contribution in [1.29, 1.82) is 0 Å². The number of rotatable bonds is 15. The average Bonchev–Trinajstić information content (AvgIpc) is 3.14. The Bertz CT molecular complexity index is 2290. The number of phenols is 3. The third-order valence-electron chi connectivity index (χ3n) is 11.6. The number of aryl methyl sites for hydroxylation is 3. The van der Waals surface area contributed by atoms with Gasteiger partial charge in [0.05, 0.1) is 0 Å². The molecule has 0 radical (unpaired) electrons. The van der Waals surface area contributed by atoms with E-state index < -0.39 is 87.1 Å². The summed E-state index contributed by atoms with van der Waals surface area (Å²) in [7, 11) is 0. The molecule has 6 N–H and O–H groups in total. The first-order valence-electron chi connectivity index (χ1n) is 20.9. The number of aliphatic hydroxyl groups is 3. The summed E-state index contributed by atoms with van der Waals surface area (Å²) in [5.74, 6) is -3.29. The number of carbonyl (C=O) groups is 3. The van der Waals surface area contributed by atoms with Crippen molar-refractivity contribution in [3.63, 3.8) is 0 Å². The lowest BCUT2D eigenvalue weighted by atomic mass is 9.85. The fraction of sp³-hybridized carbons (Fsp3) is 0.500. The molecule has 0 aliphatic carbocycles. The van der Waals surface area contributed by atoms with Crippen molar-refractivity contribution in [3.8, 4) is 17.2 Å². The van der Waals surface area contributed by atoms with Crippen LogP contribution in [0.15, 0.2) is 69.0 Å². The Morgan fingerprint density at radius 2 is 0.619 bits per heavy atom. The first-order chi connectivity index (χ1) is 28.6. The van der Waals surface area contributed by atoms with Crippen LogP contribution in [0.5, 0.6) is 17.2 Å². The Balaban J connectivity index is 1.85. The van der Waals surface area contributed by atoms with E-state index in [0.717, 1.165) is 20.8 Å². The Morgan fingerprint density at radius 1 is 0.413 bits per heavy atom. The minimum Gasteiger partial charge on any atom is -0.508 e. The van der Waals surface area contributed by atoms with E-state index >= 15 is 0 Å². The van der Waals surface area contributed by atoms with Gasteiger partial charge in [0, 0.05) is 19.3 Å². The van der Waals surface area contributed by atoms with Gasteiger partial charge >= 0.3 is 17.1 Å². The molecule has 4 rings (SSSR count). The standard InChI is InChI=1S/C48H63N3O12/c1-43(2,3)31-25-28(13-19-34(31)52)16-22-37(55)46(10,61)49-40(58)50(47(11,62)38(56)23-17-29-14-20-35(53)32(26-29)44(4,5)6)42(60)51(41(49)59)48(12,63)39(57)24-18-30-15-21-36(54)33(27-30)45(7,8)9/h13-15,19-21,25-27,52-54,61-63H,16-18,22-24H2,1-12H3. The molecule has 3 atom stereocenters. The highest BCUT2D eigenvalue weighted by molar-refractivity contribution is 5.86. The molecule has 3 aromatic carbocycles. The molecule has 0 saturated heterocycles. The van der Waals surface area contributed by atoms with Crippen LogP contribution in [0.4, 0.5) is 0 Å². The van der Waals surface area contributed by atoms with Crippen molar-refractivity contribution in [3.05, 3.63) is 119 Å². The molecule has 0 aliphatic heterocycles. The van der Waals surface area contributed by atoms with Crippen molar-refractivity contribution in [2.24, 2.45) is 0 Å². The molecule has 0 saturated carbocycles. The summed E-state index contributed by atoms with van der Waals surface area (Å²) >= 11 is 0. The maximum Gasteiger partial charge on any atom is 0.341 e. The molecule has 0 aliphatic rings. The number of Topliss-reactive ketones (excluding diaryl/α,β-unsaturated/α-hetero) is 3. The fourth-order valence-electron chi connectivity index (χ4n) is 7.54. The number of aromatic hydroxyl groups is 3. The molecule has 3 unspecified atom stereocenters. The molecular formula is C48H63N3O12. The summed E-state index contributed by atoms with van der Waals surface area (Å²) in [6.45, 7) is 19.3. The quantitative estimate of drug-likeness (QED) is 0.0947. The number of aromatic nitrogens is 3. The third-order valence-corrected chi connectivity index (χ3v) is 11.6. The second-order valence-electron chi connectivity index (χ2n) is 20.0. The van der Waals surface area contributed by atoms with E-state index in [-0.39, 0.29) is 50.2 Å². The number of nitrogens with zero attached hydrogens (tertiary/aromatic N) is 3. The van der Waals surface area contributed by atoms with Gasteiger partial charge in [-0.1, -0.05) is 98.7 Å². The molecule has 0 amide bonds. The Morgan fingerprint density at radius 3 is 0.810 bits per heavy atom. The van der Waals surface area contributed by atoms with Crippen molar-refractivity contribution in [2.45, 2.75) is 155 Å². The van der Waals surface area contributed by atoms with Gasteiger partial charge in [-0.3, -0.25) is 14.4 Å². The SMILES string of the molecule is CC(C)(C)c1cc(CCC(=O)C(C)(O)n2c(=O)n(C(C)(O)C(=O)CCc3ccc(O)c(C(C)(C)C)c3)c(=O)n(C(C)(O)C(=O)CCc3ccc(O)c(C(C)(C)C)c3)c2=O)ccc1O. The lowest BCUT2D eigenvalue weighted by Gasteiger charge is -2.32. The van der Waals surface area contributed by atoms with E-state index in [1.54, 1.807) is 36.4 Å². The van der Waals surface area contributed by atoms with Gasteiger partial charge in [-0.05, 0) is 108 Å². The van der Waals surface area contributed by atoms with Crippen molar-refractivity contribution in [2.75, 3.05) is 0 Å². The molecule has 15 nitrogen and oxygen atoms in total. The first kappa shape index (κ1) is 50.0. The summed E-state index contributed by atoms with van der Waals surface area (Å²) in [5, 5.41) is 66.9. The van der Waals surface area contributed by atoms with Crippen LogP contribution in [0.3, 0.4) is 0 Å². The second kappa shape index (κ2) is 17.5. The number of ketones is 3. The lowest BCUT2D eigenvalue weighted by Crippen LogP contribution is -2.69. The van der Waals surface area contributed by atoms with E-state index in [4.69, 9.17) is 0 Å². The highest BCUT2D eigenvalue weighted by Gasteiger charge is 2.46. The Labute approximate surface area is 366 Å².